The van der Waals surface area contributed by atoms with Crippen molar-refractivity contribution in [3.8, 4) is 5.75 Å². The summed E-state index contributed by atoms with van der Waals surface area (Å²) in [4.78, 5) is 8.33. The van der Waals surface area contributed by atoms with Crippen molar-refractivity contribution in [2.75, 3.05) is 27.2 Å². The van der Waals surface area contributed by atoms with Crippen LogP contribution in [0.1, 0.15) is 17.4 Å². The van der Waals surface area contributed by atoms with E-state index in [-0.39, 0.29) is 0 Å². The Bertz CT molecular complexity index is 593. The van der Waals surface area contributed by atoms with E-state index < -0.39 is 0 Å². The number of ether oxygens (including phenoxy) is 1. The van der Waals surface area contributed by atoms with Crippen molar-refractivity contribution in [1.29, 1.82) is 0 Å². The van der Waals surface area contributed by atoms with Gasteiger partial charge in [0.25, 0.3) is 0 Å². The maximum Gasteiger partial charge on any atom is 0.193 e. The Morgan fingerprint density at radius 2 is 2.04 bits per heavy atom. The Hall–Kier alpha value is -2.01. The highest BCUT2D eigenvalue weighted by molar-refractivity contribution is 7.09. The molecule has 0 bridgehead atoms. The molecule has 4 nitrogen and oxygen atoms in total. The second-order valence-corrected chi connectivity index (χ2v) is 6.30. The zero-order chi connectivity index (χ0) is 16.5. The van der Waals surface area contributed by atoms with Crippen molar-refractivity contribution in [1.82, 2.24) is 10.2 Å². The number of hydrogen-bond donors (Lipinski definition) is 1. The number of methoxy groups -OCH3 is 1. The van der Waals surface area contributed by atoms with Gasteiger partial charge >= 0.3 is 0 Å². The van der Waals surface area contributed by atoms with E-state index in [0.717, 1.165) is 31.2 Å². The number of rotatable bonds is 7. The van der Waals surface area contributed by atoms with Crippen LogP contribution in [0.5, 0.6) is 5.75 Å². The van der Waals surface area contributed by atoms with Gasteiger partial charge in [-0.15, -0.1) is 11.3 Å². The van der Waals surface area contributed by atoms with Crippen LogP contribution in [0.15, 0.2) is 46.8 Å². The van der Waals surface area contributed by atoms with E-state index in [1.165, 1.54) is 10.4 Å². The van der Waals surface area contributed by atoms with Gasteiger partial charge in [0, 0.05) is 25.0 Å². The van der Waals surface area contributed by atoms with E-state index in [1.807, 2.05) is 12.1 Å². The lowest BCUT2D eigenvalue weighted by Crippen LogP contribution is -2.39. The quantitative estimate of drug-likeness (QED) is 0.624. The van der Waals surface area contributed by atoms with Crippen molar-refractivity contribution >= 4 is 17.3 Å². The number of nitrogens with zero attached hydrogens (tertiary/aromatic N) is 2. The number of aliphatic imine (C=N–C) groups is 1. The highest BCUT2D eigenvalue weighted by Gasteiger charge is 2.06. The fraction of sp³-hybridized carbons (Fsp3) is 0.389. The van der Waals surface area contributed by atoms with Gasteiger partial charge < -0.3 is 15.0 Å². The average molecular weight is 331 g/mol. The molecule has 0 atom stereocenters. The highest BCUT2D eigenvalue weighted by atomic mass is 32.1. The first kappa shape index (κ1) is 17.3. The fourth-order valence-corrected chi connectivity index (χ4v) is 2.90. The average Bonchev–Trinajstić information content (AvgIpc) is 3.10. The van der Waals surface area contributed by atoms with Gasteiger partial charge in [0.05, 0.1) is 13.7 Å². The van der Waals surface area contributed by atoms with Gasteiger partial charge in [-0.05, 0) is 42.5 Å². The Morgan fingerprint density at radius 3 is 2.65 bits per heavy atom. The monoisotopic (exact) mass is 331 g/mol. The van der Waals surface area contributed by atoms with E-state index in [1.54, 1.807) is 18.4 Å². The minimum absolute atomic E-state index is 0.662. The number of hydrogen-bond acceptors (Lipinski definition) is 3. The van der Waals surface area contributed by atoms with Crippen molar-refractivity contribution in [2.24, 2.45) is 4.99 Å². The molecular formula is C18H25N3OS. The summed E-state index contributed by atoms with van der Waals surface area (Å²) in [5.41, 5.74) is 1.17. The molecule has 1 aromatic carbocycles. The third-order valence-corrected chi connectivity index (χ3v) is 4.48. The zero-order valence-corrected chi connectivity index (χ0v) is 14.9. The topological polar surface area (TPSA) is 36.9 Å². The molecule has 0 aliphatic carbocycles. The summed E-state index contributed by atoms with van der Waals surface area (Å²) in [5, 5.41) is 5.48. The molecule has 0 saturated carbocycles. The lowest BCUT2D eigenvalue weighted by atomic mass is 10.2. The molecule has 0 aliphatic heterocycles. The Balaban J connectivity index is 1.94. The molecule has 124 valence electrons. The predicted molar refractivity (Wildman–Crippen MR) is 98.5 cm³/mol. The van der Waals surface area contributed by atoms with Gasteiger partial charge in [0.2, 0.25) is 0 Å². The fourth-order valence-electron chi connectivity index (χ4n) is 2.21. The third kappa shape index (κ3) is 5.60. The smallest absolute Gasteiger partial charge is 0.193 e. The van der Waals surface area contributed by atoms with Gasteiger partial charge in [-0.1, -0.05) is 18.2 Å². The van der Waals surface area contributed by atoms with Crippen LogP contribution < -0.4 is 10.1 Å². The van der Waals surface area contributed by atoms with Gasteiger partial charge in [0.1, 0.15) is 5.75 Å². The summed E-state index contributed by atoms with van der Waals surface area (Å²) in [6.07, 6.45) is 1.04. The molecule has 2 rings (SSSR count). The SMILES string of the molecule is CCNC(=NCc1ccc(OC)cc1)N(C)CCc1cccs1. The summed E-state index contributed by atoms with van der Waals surface area (Å²) in [6.45, 7) is 4.57. The van der Waals surface area contributed by atoms with Crippen LogP contribution in [0.2, 0.25) is 0 Å². The van der Waals surface area contributed by atoms with Gasteiger partial charge in [0.15, 0.2) is 5.96 Å². The predicted octanol–water partition coefficient (Wildman–Crippen LogP) is 3.40. The van der Waals surface area contributed by atoms with E-state index in [4.69, 9.17) is 9.73 Å². The molecule has 0 saturated heterocycles. The van der Waals surface area contributed by atoms with Crippen molar-refractivity contribution in [2.45, 2.75) is 19.9 Å². The van der Waals surface area contributed by atoms with E-state index in [2.05, 4.69) is 53.8 Å². The molecule has 1 N–H and O–H groups in total. The number of guanidine groups is 1. The second kappa shape index (κ2) is 9.20. The molecule has 2 aromatic rings. The van der Waals surface area contributed by atoms with Crippen LogP contribution in [0, 0.1) is 0 Å². The van der Waals surface area contributed by atoms with E-state index in [9.17, 15) is 0 Å². The van der Waals surface area contributed by atoms with Crippen LogP contribution in [0.4, 0.5) is 0 Å². The van der Waals surface area contributed by atoms with Crippen molar-refractivity contribution < 1.29 is 4.74 Å². The molecule has 0 fully saturated rings. The van der Waals surface area contributed by atoms with E-state index >= 15 is 0 Å². The molecule has 1 aromatic heterocycles. The maximum atomic E-state index is 5.18. The summed E-state index contributed by atoms with van der Waals surface area (Å²) in [7, 11) is 3.77. The first-order valence-electron chi connectivity index (χ1n) is 7.87. The Morgan fingerprint density at radius 1 is 1.26 bits per heavy atom. The zero-order valence-electron chi connectivity index (χ0n) is 14.1. The minimum Gasteiger partial charge on any atom is -0.497 e. The lowest BCUT2D eigenvalue weighted by molar-refractivity contribution is 0.414. The number of nitrogens with one attached hydrogen (secondary N) is 1. The van der Waals surface area contributed by atoms with Crippen molar-refractivity contribution in [3.63, 3.8) is 0 Å². The van der Waals surface area contributed by atoms with Crippen molar-refractivity contribution in [3.05, 3.63) is 52.2 Å². The van der Waals surface area contributed by atoms with Crippen LogP contribution in [0.3, 0.4) is 0 Å². The molecule has 23 heavy (non-hydrogen) atoms. The maximum absolute atomic E-state index is 5.18. The molecule has 1 heterocycles. The summed E-state index contributed by atoms with van der Waals surface area (Å²) >= 11 is 1.80. The first-order valence-corrected chi connectivity index (χ1v) is 8.75. The molecule has 0 unspecified atom stereocenters. The summed E-state index contributed by atoms with van der Waals surface area (Å²) < 4.78 is 5.18. The normalized spacial score (nSPS) is 11.3. The number of thiophene rings is 1. The minimum atomic E-state index is 0.662. The van der Waals surface area contributed by atoms with Gasteiger partial charge in [-0.25, -0.2) is 4.99 Å². The van der Waals surface area contributed by atoms with Crippen LogP contribution >= 0.6 is 11.3 Å². The molecule has 5 heteroatoms. The largest absolute Gasteiger partial charge is 0.497 e. The Labute approximate surface area is 142 Å². The molecular weight excluding hydrogens is 306 g/mol. The first-order chi connectivity index (χ1) is 11.2. The van der Waals surface area contributed by atoms with E-state index in [0.29, 0.717) is 6.54 Å². The standard InChI is InChI=1S/C18H25N3OS/c1-4-19-18(21(2)12-11-17-6-5-13-23-17)20-14-15-7-9-16(22-3)10-8-15/h5-10,13H,4,11-12,14H2,1-3H3,(H,19,20). The molecule has 0 radical (unpaired) electrons. The second-order valence-electron chi connectivity index (χ2n) is 5.27. The van der Waals surface area contributed by atoms with Crippen LogP contribution in [-0.2, 0) is 13.0 Å². The third-order valence-electron chi connectivity index (χ3n) is 3.54. The summed E-state index contributed by atoms with van der Waals surface area (Å²) in [5.74, 6) is 1.82. The van der Waals surface area contributed by atoms with Crippen LogP contribution in [0.25, 0.3) is 0 Å². The Kier molecular flexibility index (Phi) is 6.94. The summed E-state index contributed by atoms with van der Waals surface area (Å²) in [6, 6.07) is 12.3. The molecule has 0 spiro atoms. The number of likely N-dealkylation sites (N-methyl/N-ethyl adjacent to an activating group) is 1. The van der Waals surface area contributed by atoms with Gasteiger partial charge in [-0.2, -0.15) is 0 Å². The lowest BCUT2D eigenvalue weighted by Gasteiger charge is -2.21. The van der Waals surface area contributed by atoms with Crippen LogP contribution in [-0.4, -0.2) is 38.1 Å². The number of benzene rings is 1. The molecule has 0 aliphatic rings. The van der Waals surface area contributed by atoms with Gasteiger partial charge in [-0.3, -0.25) is 0 Å². The highest BCUT2D eigenvalue weighted by Crippen LogP contribution is 2.12. The molecule has 0 amide bonds.